The van der Waals surface area contributed by atoms with Gasteiger partial charge in [-0.15, -0.1) is 0 Å². The second-order valence-electron chi connectivity index (χ2n) is 7.05. The SMILES string of the molecule is CC(C)CN1CCN(Cc2cnc3cc(O)ccc3c2)C(C)C1=O. The van der Waals surface area contributed by atoms with E-state index in [2.05, 4.69) is 29.8 Å². The zero-order valence-corrected chi connectivity index (χ0v) is 14.6. The van der Waals surface area contributed by atoms with Crippen molar-refractivity contribution in [2.45, 2.75) is 33.4 Å². The van der Waals surface area contributed by atoms with E-state index < -0.39 is 0 Å². The number of carbonyl (C=O) groups excluding carboxylic acids is 1. The summed E-state index contributed by atoms with van der Waals surface area (Å²) in [7, 11) is 0. The predicted octanol–water partition coefficient (Wildman–Crippen LogP) is 2.63. The van der Waals surface area contributed by atoms with Crippen LogP contribution in [0.5, 0.6) is 5.75 Å². The number of carbonyl (C=O) groups is 1. The van der Waals surface area contributed by atoms with Crippen LogP contribution in [0.25, 0.3) is 10.9 Å². The van der Waals surface area contributed by atoms with Gasteiger partial charge < -0.3 is 10.0 Å². The fourth-order valence-corrected chi connectivity index (χ4v) is 3.29. The summed E-state index contributed by atoms with van der Waals surface area (Å²) >= 11 is 0. The highest BCUT2D eigenvalue weighted by atomic mass is 16.3. The lowest BCUT2D eigenvalue weighted by molar-refractivity contribution is -0.141. The van der Waals surface area contributed by atoms with Gasteiger partial charge >= 0.3 is 0 Å². The average Bonchev–Trinajstić information content (AvgIpc) is 2.54. The van der Waals surface area contributed by atoms with Crippen molar-refractivity contribution >= 4 is 16.8 Å². The first-order valence-electron chi connectivity index (χ1n) is 8.54. The number of phenolic OH excluding ortho intramolecular Hbond substituents is 1. The molecule has 1 aromatic carbocycles. The van der Waals surface area contributed by atoms with E-state index in [4.69, 9.17) is 0 Å². The molecular weight excluding hydrogens is 302 g/mol. The summed E-state index contributed by atoms with van der Waals surface area (Å²) in [5, 5.41) is 10.5. The monoisotopic (exact) mass is 327 g/mol. The number of pyridine rings is 1. The molecule has 1 aliphatic heterocycles. The molecule has 1 fully saturated rings. The van der Waals surface area contributed by atoms with E-state index in [-0.39, 0.29) is 17.7 Å². The molecule has 2 heterocycles. The van der Waals surface area contributed by atoms with Crippen molar-refractivity contribution in [3.8, 4) is 5.75 Å². The van der Waals surface area contributed by atoms with Crippen molar-refractivity contribution in [1.82, 2.24) is 14.8 Å². The number of nitrogens with zero attached hydrogens (tertiary/aromatic N) is 3. The van der Waals surface area contributed by atoms with E-state index in [1.165, 1.54) is 0 Å². The van der Waals surface area contributed by atoms with Crippen LogP contribution in [-0.4, -0.2) is 51.5 Å². The Morgan fingerprint density at radius 1 is 1.29 bits per heavy atom. The number of rotatable bonds is 4. The molecule has 5 heteroatoms. The number of fused-ring (bicyclic) bond motifs is 1. The summed E-state index contributed by atoms with van der Waals surface area (Å²) < 4.78 is 0. The van der Waals surface area contributed by atoms with Gasteiger partial charge in [0.1, 0.15) is 5.75 Å². The number of benzene rings is 1. The molecule has 24 heavy (non-hydrogen) atoms. The van der Waals surface area contributed by atoms with Gasteiger partial charge in [0.05, 0.1) is 11.6 Å². The van der Waals surface area contributed by atoms with Crippen LogP contribution in [0.2, 0.25) is 0 Å². The molecule has 1 atom stereocenters. The maximum Gasteiger partial charge on any atom is 0.239 e. The highest BCUT2D eigenvalue weighted by Gasteiger charge is 2.31. The largest absolute Gasteiger partial charge is 0.508 e. The molecule has 0 saturated carbocycles. The third-order valence-electron chi connectivity index (χ3n) is 4.57. The van der Waals surface area contributed by atoms with Crippen LogP contribution in [0.1, 0.15) is 26.3 Å². The molecule has 128 valence electrons. The fourth-order valence-electron chi connectivity index (χ4n) is 3.29. The molecule has 0 spiro atoms. The second kappa shape index (κ2) is 6.77. The predicted molar refractivity (Wildman–Crippen MR) is 94.7 cm³/mol. The quantitative estimate of drug-likeness (QED) is 0.938. The Bertz CT molecular complexity index is 744. The summed E-state index contributed by atoms with van der Waals surface area (Å²) in [6, 6.07) is 7.18. The van der Waals surface area contributed by atoms with E-state index in [0.717, 1.165) is 36.1 Å². The van der Waals surface area contributed by atoms with Gasteiger partial charge in [-0.25, -0.2) is 0 Å². The molecule has 2 aromatic rings. The van der Waals surface area contributed by atoms with Crippen LogP contribution >= 0.6 is 0 Å². The first kappa shape index (κ1) is 16.7. The first-order chi connectivity index (χ1) is 11.4. The summed E-state index contributed by atoms with van der Waals surface area (Å²) in [6.45, 7) is 9.49. The first-order valence-corrected chi connectivity index (χ1v) is 8.54. The maximum absolute atomic E-state index is 12.6. The number of piperazine rings is 1. The second-order valence-corrected chi connectivity index (χ2v) is 7.05. The molecule has 0 radical (unpaired) electrons. The van der Waals surface area contributed by atoms with Crippen molar-refractivity contribution in [2.24, 2.45) is 5.92 Å². The van der Waals surface area contributed by atoms with Crippen LogP contribution in [-0.2, 0) is 11.3 Å². The highest BCUT2D eigenvalue weighted by molar-refractivity contribution is 5.82. The van der Waals surface area contributed by atoms with Crippen molar-refractivity contribution < 1.29 is 9.90 Å². The van der Waals surface area contributed by atoms with Gasteiger partial charge in [-0.05, 0) is 36.6 Å². The van der Waals surface area contributed by atoms with Crippen LogP contribution in [0.3, 0.4) is 0 Å². The van der Waals surface area contributed by atoms with Gasteiger partial charge in [-0.1, -0.05) is 13.8 Å². The van der Waals surface area contributed by atoms with Gasteiger partial charge in [-0.3, -0.25) is 14.7 Å². The molecule has 0 bridgehead atoms. The van der Waals surface area contributed by atoms with Gasteiger partial charge in [0.25, 0.3) is 0 Å². The minimum Gasteiger partial charge on any atom is -0.508 e. The Labute approximate surface area is 142 Å². The van der Waals surface area contributed by atoms with Crippen molar-refractivity contribution in [1.29, 1.82) is 0 Å². The lowest BCUT2D eigenvalue weighted by Gasteiger charge is -2.39. The number of hydrogen-bond donors (Lipinski definition) is 1. The molecule has 1 aliphatic rings. The summed E-state index contributed by atoms with van der Waals surface area (Å²) in [6.07, 6.45) is 1.83. The maximum atomic E-state index is 12.6. The third-order valence-corrected chi connectivity index (χ3v) is 4.57. The van der Waals surface area contributed by atoms with E-state index in [1.807, 2.05) is 24.1 Å². The van der Waals surface area contributed by atoms with E-state index in [1.54, 1.807) is 12.1 Å². The van der Waals surface area contributed by atoms with Crippen LogP contribution in [0.4, 0.5) is 0 Å². The standard InChI is InChI=1S/C19H25N3O2/c1-13(2)11-22-7-6-21(14(3)19(22)24)12-15-8-16-4-5-17(23)9-18(16)20-10-15/h4-5,8-10,13-14,23H,6-7,11-12H2,1-3H3. The molecule has 1 unspecified atom stereocenters. The normalized spacial score (nSPS) is 19.4. The van der Waals surface area contributed by atoms with Gasteiger partial charge in [0.15, 0.2) is 0 Å². The fraction of sp³-hybridized carbons (Fsp3) is 0.474. The molecule has 1 aromatic heterocycles. The molecule has 1 saturated heterocycles. The summed E-state index contributed by atoms with van der Waals surface area (Å²) in [5.74, 6) is 0.936. The molecule has 1 amide bonds. The lowest BCUT2D eigenvalue weighted by Crippen LogP contribution is -2.56. The minimum absolute atomic E-state index is 0.104. The Morgan fingerprint density at radius 2 is 2.08 bits per heavy atom. The number of hydrogen-bond acceptors (Lipinski definition) is 4. The zero-order chi connectivity index (χ0) is 17.3. The van der Waals surface area contributed by atoms with Crippen LogP contribution in [0, 0.1) is 5.92 Å². The van der Waals surface area contributed by atoms with E-state index in [9.17, 15) is 9.90 Å². The Morgan fingerprint density at radius 3 is 2.83 bits per heavy atom. The van der Waals surface area contributed by atoms with E-state index >= 15 is 0 Å². The smallest absolute Gasteiger partial charge is 0.239 e. The molecule has 5 nitrogen and oxygen atoms in total. The van der Waals surface area contributed by atoms with Gasteiger partial charge in [0.2, 0.25) is 5.91 Å². The number of amides is 1. The van der Waals surface area contributed by atoms with Gasteiger partial charge in [0, 0.05) is 43.8 Å². The molecule has 3 rings (SSSR count). The summed E-state index contributed by atoms with van der Waals surface area (Å²) in [4.78, 5) is 21.2. The van der Waals surface area contributed by atoms with Crippen LogP contribution < -0.4 is 0 Å². The topological polar surface area (TPSA) is 56.7 Å². The van der Waals surface area contributed by atoms with Crippen molar-refractivity contribution in [3.05, 3.63) is 36.0 Å². The molecular formula is C19H25N3O2. The Kier molecular flexibility index (Phi) is 4.71. The number of aromatic nitrogens is 1. The zero-order valence-electron chi connectivity index (χ0n) is 14.6. The number of aromatic hydroxyl groups is 1. The Hall–Kier alpha value is -2.14. The molecule has 1 N–H and O–H groups in total. The third kappa shape index (κ3) is 3.51. The van der Waals surface area contributed by atoms with Gasteiger partial charge in [-0.2, -0.15) is 0 Å². The Balaban J connectivity index is 1.72. The summed E-state index contributed by atoms with van der Waals surface area (Å²) in [5.41, 5.74) is 1.87. The number of phenols is 1. The highest BCUT2D eigenvalue weighted by Crippen LogP contribution is 2.21. The van der Waals surface area contributed by atoms with Crippen molar-refractivity contribution in [3.63, 3.8) is 0 Å². The average molecular weight is 327 g/mol. The van der Waals surface area contributed by atoms with Crippen LogP contribution in [0.15, 0.2) is 30.5 Å². The molecule has 0 aliphatic carbocycles. The van der Waals surface area contributed by atoms with E-state index in [0.29, 0.717) is 12.5 Å². The van der Waals surface area contributed by atoms with Crippen molar-refractivity contribution in [2.75, 3.05) is 19.6 Å². The minimum atomic E-state index is -0.104. The lowest BCUT2D eigenvalue weighted by atomic mass is 10.1.